The standard InChI is InChI=1S/C18H29N5O5S2/c1-18(2,3)28-17(27)22-8-4-13(5-9-22)23-12-14(20-21-23)16(26)19-7-11-30-29-10-6-15(24)25/h12-13H,4-11H2,1-3H3,(H,19,26)(H,24,25). The lowest BCUT2D eigenvalue weighted by atomic mass is 10.1. The normalized spacial score (nSPS) is 15.1. The molecule has 30 heavy (non-hydrogen) atoms. The fraction of sp³-hybridized carbons (Fsp3) is 0.722. The van der Waals surface area contributed by atoms with Gasteiger partial charge in [-0.2, -0.15) is 0 Å². The second-order valence-corrected chi connectivity index (χ2v) is 10.5. The van der Waals surface area contributed by atoms with Crippen LogP contribution in [0, 0.1) is 0 Å². The number of likely N-dealkylation sites (tertiary alicyclic amines) is 1. The Labute approximate surface area is 183 Å². The topological polar surface area (TPSA) is 127 Å². The summed E-state index contributed by atoms with van der Waals surface area (Å²) in [6.45, 7) is 7.13. The minimum absolute atomic E-state index is 0.0823. The van der Waals surface area contributed by atoms with Crippen molar-refractivity contribution in [3.8, 4) is 0 Å². The molecule has 1 aliphatic heterocycles. The highest BCUT2D eigenvalue weighted by Gasteiger charge is 2.28. The Bertz CT molecular complexity index is 729. The van der Waals surface area contributed by atoms with Crippen molar-refractivity contribution in [3.63, 3.8) is 0 Å². The molecule has 1 saturated heterocycles. The Balaban J connectivity index is 1.70. The van der Waals surface area contributed by atoms with Crippen molar-refractivity contribution in [2.75, 3.05) is 31.1 Å². The second kappa shape index (κ2) is 11.4. The first kappa shape index (κ1) is 24.3. The van der Waals surface area contributed by atoms with Crippen molar-refractivity contribution >= 4 is 39.6 Å². The molecule has 1 aromatic rings. The maximum absolute atomic E-state index is 12.2. The van der Waals surface area contributed by atoms with Crippen molar-refractivity contribution in [1.29, 1.82) is 0 Å². The van der Waals surface area contributed by atoms with E-state index in [4.69, 9.17) is 9.84 Å². The van der Waals surface area contributed by atoms with Crippen LogP contribution in [-0.2, 0) is 9.53 Å². The smallest absolute Gasteiger partial charge is 0.410 e. The van der Waals surface area contributed by atoms with Gasteiger partial charge in [0.15, 0.2) is 5.69 Å². The minimum atomic E-state index is -0.810. The summed E-state index contributed by atoms with van der Waals surface area (Å²) in [6.07, 6.45) is 2.89. The molecule has 2 heterocycles. The number of aromatic nitrogens is 3. The number of amides is 2. The summed E-state index contributed by atoms with van der Waals surface area (Å²) in [4.78, 5) is 36.5. The van der Waals surface area contributed by atoms with Gasteiger partial charge in [0.1, 0.15) is 5.60 Å². The Hall–Kier alpha value is -1.95. The second-order valence-electron chi connectivity index (χ2n) is 7.83. The van der Waals surface area contributed by atoms with E-state index in [2.05, 4.69) is 15.6 Å². The van der Waals surface area contributed by atoms with Gasteiger partial charge in [-0.3, -0.25) is 9.59 Å². The molecule has 0 spiro atoms. The van der Waals surface area contributed by atoms with Gasteiger partial charge in [-0.15, -0.1) is 5.10 Å². The monoisotopic (exact) mass is 459 g/mol. The number of rotatable bonds is 9. The molecular weight excluding hydrogens is 430 g/mol. The molecule has 0 saturated carbocycles. The number of carbonyl (C=O) groups is 3. The molecule has 2 N–H and O–H groups in total. The molecule has 0 bridgehead atoms. The van der Waals surface area contributed by atoms with Crippen LogP contribution in [0.25, 0.3) is 0 Å². The van der Waals surface area contributed by atoms with Crippen molar-refractivity contribution in [2.45, 2.75) is 51.7 Å². The highest BCUT2D eigenvalue weighted by atomic mass is 33.1. The van der Waals surface area contributed by atoms with Crippen molar-refractivity contribution < 1.29 is 24.2 Å². The van der Waals surface area contributed by atoms with Crippen LogP contribution in [0.15, 0.2) is 6.20 Å². The molecule has 2 amide bonds. The van der Waals surface area contributed by atoms with E-state index >= 15 is 0 Å². The number of carbonyl (C=O) groups excluding carboxylic acids is 2. The van der Waals surface area contributed by atoms with Crippen LogP contribution in [0.2, 0.25) is 0 Å². The van der Waals surface area contributed by atoms with Crippen LogP contribution >= 0.6 is 21.6 Å². The Morgan fingerprint density at radius 3 is 2.53 bits per heavy atom. The molecule has 0 aromatic carbocycles. The SMILES string of the molecule is CC(C)(C)OC(=O)N1CCC(n2cc(C(=O)NCCSSCCC(=O)O)nn2)CC1. The summed E-state index contributed by atoms with van der Waals surface area (Å²) in [7, 11) is 2.99. The van der Waals surface area contributed by atoms with Gasteiger partial charge in [-0.05, 0) is 33.6 Å². The third kappa shape index (κ3) is 8.42. The van der Waals surface area contributed by atoms with E-state index in [9.17, 15) is 14.4 Å². The first-order valence-corrected chi connectivity index (χ1v) is 12.3. The molecule has 0 atom stereocenters. The quantitative estimate of drug-likeness (QED) is 0.423. The molecular formula is C18H29N5O5S2. The third-order valence-corrected chi connectivity index (χ3v) is 6.60. The number of aliphatic carboxylic acids is 1. The van der Waals surface area contributed by atoms with E-state index in [0.717, 1.165) is 0 Å². The van der Waals surface area contributed by atoms with Gasteiger partial charge in [0.05, 0.1) is 18.7 Å². The van der Waals surface area contributed by atoms with Crippen molar-refractivity contribution in [1.82, 2.24) is 25.2 Å². The van der Waals surface area contributed by atoms with Gasteiger partial charge in [0, 0.05) is 31.1 Å². The average molecular weight is 460 g/mol. The Kier molecular flexibility index (Phi) is 9.28. The van der Waals surface area contributed by atoms with E-state index in [1.165, 1.54) is 21.6 Å². The van der Waals surface area contributed by atoms with E-state index < -0.39 is 11.6 Å². The van der Waals surface area contributed by atoms with Gasteiger partial charge in [-0.1, -0.05) is 26.8 Å². The first-order valence-electron chi connectivity index (χ1n) is 9.80. The summed E-state index contributed by atoms with van der Waals surface area (Å²) in [6, 6.07) is 0.0823. The zero-order valence-corrected chi connectivity index (χ0v) is 19.1. The predicted octanol–water partition coefficient (Wildman–Crippen LogP) is 2.44. The minimum Gasteiger partial charge on any atom is -0.481 e. The molecule has 1 fully saturated rings. The molecule has 168 valence electrons. The lowest BCUT2D eigenvalue weighted by molar-refractivity contribution is -0.136. The zero-order chi connectivity index (χ0) is 22.1. The zero-order valence-electron chi connectivity index (χ0n) is 17.5. The average Bonchev–Trinajstić information content (AvgIpc) is 3.16. The van der Waals surface area contributed by atoms with Crippen LogP contribution in [0.1, 0.15) is 56.6 Å². The summed E-state index contributed by atoms with van der Waals surface area (Å²) in [5.74, 6) is 0.112. The summed E-state index contributed by atoms with van der Waals surface area (Å²) in [5, 5.41) is 19.4. The number of carboxylic acids is 1. The Morgan fingerprint density at radius 2 is 1.90 bits per heavy atom. The molecule has 12 heteroatoms. The van der Waals surface area contributed by atoms with Gasteiger partial charge in [0.25, 0.3) is 5.91 Å². The van der Waals surface area contributed by atoms with E-state index in [0.29, 0.717) is 44.0 Å². The largest absolute Gasteiger partial charge is 0.481 e. The predicted molar refractivity (Wildman–Crippen MR) is 116 cm³/mol. The van der Waals surface area contributed by atoms with Gasteiger partial charge in [-0.25, -0.2) is 9.48 Å². The fourth-order valence-corrected chi connectivity index (χ4v) is 4.63. The summed E-state index contributed by atoms with van der Waals surface area (Å²) >= 11 is 0. The maximum Gasteiger partial charge on any atom is 0.410 e. The number of nitrogens with one attached hydrogen (secondary N) is 1. The van der Waals surface area contributed by atoms with Crippen molar-refractivity contribution in [2.24, 2.45) is 0 Å². The number of hydrogen-bond donors (Lipinski definition) is 2. The van der Waals surface area contributed by atoms with Crippen LogP contribution in [0.5, 0.6) is 0 Å². The molecule has 0 unspecified atom stereocenters. The number of nitrogens with zero attached hydrogens (tertiary/aromatic N) is 4. The van der Waals surface area contributed by atoms with Crippen LogP contribution < -0.4 is 5.32 Å². The first-order chi connectivity index (χ1) is 14.2. The molecule has 1 aromatic heterocycles. The van der Waals surface area contributed by atoms with E-state index in [1.807, 2.05) is 20.8 Å². The van der Waals surface area contributed by atoms with Crippen LogP contribution in [0.3, 0.4) is 0 Å². The summed E-state index contributed by atoms with van der Waals surface area (Å²) < 4.78 is 7.09. The lowest BCUT2D eigenvalue weighted by Crippen LogP contribution is -2.42. The van der Waals surface area contributed by atoms with Crippen LogP contribution in [0.4, 0.5) is 4.79 Å². The van der Waals surface area contributed by atoms with E-state index in [-0.39, 0.29) is 30.2 Å². The molecule has 0 radical (unpaired) electrons. The third-order valence-electron chi connectivity index (χ3n) is 4.19. The highest BCUT2D eigenvalue weighted by molar-refractivity contribution is 8.76. The fourth-order valence-electron chi connectivity index (χ4n) is 2.74. The van der Waals surface area contributed by atoms with Gasteiger partial charge >= 0.3 is 12.1 Å². The molecule has 0 aliphatic carbocycles. The number of carboxylic acid groups (broad SMARTS) is 1. The van der Waals surface area contributed by atoms with Gasteiger partial charge < -0.3 is 20.1 Å². The summed E-state index contributed by atoms with van der Waals surface area (Å²) in [5.41, 5.74) is -0.259. The number of ether oxygens (including phenoxy) is 1. The maximum atomic E-state index is 12.2. The van der Waals surface area contributed by atoms with E-state index in [1.54, 1.807) is 15.8 Å². The molecule has 1 aliphatic rings. The van der Waals surface area contributed by atoms with Crippen LogP contribution in [-0.4, -0.2) is 79.7 Å². The number of piperidine rings is 1. The Morgan fingerprint density at radius 1 is 1.23 bits per heavy atom. The molecule has 10 nitrogen and oxygen atoms in total. The van der Waals surface area contributed by atoms with Gasteiger partial charge in [0.2, 0.25) is 0 Å². The highest BCUT2D eigenvalue weighted by Crippen LogP contribution is 2.23. The molecule has 2 rings (SSSR count). The number of hydrogen-bond acceptors (Lipinski definition) is 8. The van der Waals surface area contributed by atoms with Crippen molar-refractivity contribution in [3.05, 3.63) is 11.9 Å². The lowest BCUT2D eigenvalue weighted by Gasteiger charge is -2.33.